The molecule has 0 atom stereocenters. The summed E-state index contributed by atoms with van der Waals surface area (Å²) < 4.78 is 50.2. The Morgan fingerprint density at radius 2 is 1.22 bits per heavy atom. The zero-order valence-electron chi connectivity index (χ0n) is 18.1. The Balaban J connectivity index is 0.000000277. The first-order valence-electron chi connectivity index (χ1n) is 10.2. The molecule has 6 N–H and O–H groups in total. The van der Waals surface area contributed by atoms with Crippen LogP contribution in [0.5, 0.6) is 0 Å². The smallest absolute Gasteiger partial charge is 0.323 e. The summed E-state index contributed by atoms with van der Waals surface area (Å²) in [6.45, 7) is 0. The van der Waals surface area contributed by atoms with Crippen molar-refractivity contribution in [1.82, 2.24) is 0 Å². The van der Waals surface area contributed by atoms with Crippen molar-refractivity contribution in [2.24, 2.45) is 0 Å². The second-order valence-corrected chi connectivity index (χ2v) is 10.6. The quantitative estimate of drug-likeness (QED) is 0.275. The van der Waals surface area contributed by atoms with Gasteiger partial charge in [0.2, 0.25) is 0 Å². The number of nitrogen functional groups attached to an aromatic ring is 1. The number of nitrogens with one attached hydrogen (secondary N) is 4. The number of carbonyl (C=O) groups is 1. The van der Waals surface area contributed by atoms with Gasteiger partial charge in [-0.05, 0) is 36.4 Å². The Kier molecular flexibility index (Phi) is 9.10. The number of hydrogen-bond donors (Lipinski definition) is 5. The lowest BCUT2D eigenvalue weighted by Gasteiger charge is -2.18. The van der Waals surface area contributed by atoms with E-state index in [9.17, 15) is 21.6 Å². The molecule has 37 heavy (non-hydrogen) atoms. The highest BCUT2D eigenvalue weighted by atomic mass is 32.2. The van der Waals surface area contributed by atoms with E-state index in [1.165, 1.54) is 12.2 Å². The van der Waals surface area contributed by atoms with Gasteiger partial charge in [0, 0.05) is 16.8 Å². The monoisotopic (exact) mass is 543 g/mol. The topological polar surface area (TPSA) is 159 Å². The third-order valence-corrected chi connectivity index (χ3v) is 6.81. The molecule has 10 nitrogen and oxygen atoms in total. The fourth-order valence-corrected chi connectivity index (χ4v) is 5.08. The van der Waals surface area contributed by atoms with Crippen LogP contribution in [0, 0.1) is 0 Å². The number of sulfonamides is 2. The largest absolute Gasteiger partial charge is 0.397 e. The van der Waals surface area contributed by atoms with Crippen LogP contribution >= 0.6 is 0 Å². The summed E-state index contributed by atoms with van der Waals surface area (Å²) in [6, 6.07) is 18.9. The van der Waals surface area contributed by atoms with Crippen molar-refractivity contribution in [3.63, 3.8) is 0 Å². The van der Waals surface area contributed by atoms with E-state index in [0.29, 0.717) is 34.0 Å². The van der Waals surface area contributed by atoms with Crippen molar-refractivity contribution in [3.8, 4) is 0 Å². The molecule has 2 heterocycles. The molecule has 5 rings (SSSR count). The summed E-state index contributed by atoms with van der Waals surface area (Å²) in [5.41, 5.74) is 9.36. The molecule has 12 heteroatoms. The first-order valence-corrected chi connectivity index (χ1v) is 13.3. The average molecular weight is 544 g/mol. The molecule has 0 fully saturated rings. The molecule has 0 bridgehead atoms. The molecular weight excluding hydrogens is 514 g/mol. The third kappa shape index (κ3) is 7.35. The van der Waals surface area contributed by atoms with Crippen LogP contribution in [0.4, 0.5) is 33.2 Å². The Bertz CT molecular complexity index is 1550. The van der Waals surface area contributed by atoms with Gasteiger partial charge in [0.05, 0.1) is 33.6 Å². The number of anilines is 5. The van der Waals surface area contributed by atoms with Crippen LogP contribution < -0.4 is 25.8 Å². The molecule has 0 radical (unpaired) electrons. The molecule has 0 unspecified atom stereocenters. The summed E-state index contributed by atoms with van der Waals surface area (Å²) in [5, 5.41) is 7.52. The Labute approximate surface area is 217 Å². The minimum absolute atomic E-state index is 0. The van der Waals surface area contributed by atoms with Crippen LogP contribution in [0.2, 0.25) is 0 Å². The molecule has 2 amide bonds. The first-order chi connectivity index (χ1) is 16.6. The highest BCUT2D eigenvalue weighted by Crippen LogP contribution is 2.32. The lowest BCUT2D eigenvalue weighted by atomic mass is 10.1. The number of nitrogens with two attached hydrogens (primary N) is 1. The Morgan fingerprint density at radius 3 is 1.84 bits per heavy atom. The van der Waals surface area contributed by atoms with Gasteiger partial charge >= 0.3 is 6.03 Å². The second kappa shape index (κ2) is 11.6. The van der Waals surface area contributed by atoms with Crippen LogP contribution in [-0.2, 0) is 20.0 Å². The standard InChI is InChI=1S/C15H13N3O3S.C8H8N2O2S.2CH4/c19-15(16-12-6-2-1-3-7-12)17-13-8-4-5-11-9-10-22(20,21)18-14(11)13;9-7-3-1-2-6-4-5-13(11,12)10-8(6)7;;/h1-10,18H,(H2,16,17,19);1-5,10H,9H2;2*1H4. The predicted octanol–water partition coefficient (Wildman–Crippen LogP) is 5.32. The van der Waals surface area contributed by atoms with Gasteiger partial charge in [-0.15, -0.1) is 0 Å². The van der Waals surface area contributed by atoms with Gasteiger partial charge in [0.15, 0.2) is 0 Å². The minimum Gasteiger partial charge on any atom is -0.397 e. The van der Waals surface area contributed by atoms with Crippen LogP contribution in [0.3, 0.4) is 0 Å². The lowest BCUT2D eigenvalue weighted by molar-refractivity contribution is 0.262. The van der Waals surface area contributed by atoms with E-state index in [0.717, 1.165) is 16.4 Å². The van der Waals surface area contributed by atoms with Crippen molar-refractivity contribution in [1.29, 1.82) is 0 Å². The SMILES string of the molecule is C.C.Nc1cccc2c1NS(=O)(=O)C=C2.O=C(Nc1ccccc1)Nc1cccc2c1NS(=O)(=O)C=C2. The molecular formula is C25H29N5O5S2. The van der Waals surface area contributed by atoms with Gasteiger partial charge in [0.25, 0.3) is 20.0 Å². The summed E-state index contributed by atoms with van der Waals surface area (Å²) in [7, 11) is -6.84. The summed E-state index contributed by atoms with van der Waals surface area (Å²) in [5.74, 6) is 0. The van der Waals surface area contributed by atoms with Gasteiger partial charge in [-0.1, -0.05) is 57.3 Å². The Hall–Kier alpha value is -4.29. The number of benzene rings is 3. The number of fused-ring (bicyclic) bond motifs is 2. The molecule has 3 aromatic carbocycles. The minimum atomic E-state index is -3.52. The van der Waals surface area contributed by atoms with Crippen LogP contribution in [0.15, 0.2) is 77.5 Å². The molecule has 0 saturated heterocycles. The number of rotatable bonds is 2. The number of urea groups is 1. The maximum Gasteiger partial charge on any atom is 0.323 e. The Morgan fingerprint density at radius 1 is 0.676 bits per heavy atom. The molecule has 0 saturated carbocycles. The lowest BCUT2D eigenvalue weighted by Crippen LogP contribution is -2.22. The fraction of sp³-hybridized carbons (Fsp3) is 0.0800. The van der Waals surface area contributed by atoms with Crippen molar-refractivity contribution >= 4 is 66.7 Å². The van der Waals surface area contributed by atoms with Crippen molar-refractivity contribution < 1.29 is 21.6 Å². The van der Waals surface area contributed by atoms with E-state index >= 15 is 0 Å². The second-order valence-electron chi connectivity index (χ2n) is 7.43. The summed E-state index contributed by atoms with van der Waals surface area (Å²) >= 11 is 0. The molecule has 0 aromatic heterocycles. The van der Waals surface area contributed by atoms with Gasteiger partial charge in [-0.25, -0.2) is 21.6 Å². The molecule has 2 aliphatic heterocycles. The number of para-hydroxylation sites is 3. The first kappa shape index (κ1) is 28.9. The number of hydrogen-bond acceptors (Lipinski definition) is 6. The predicted molar refractivity (Wildman–Crippen MR) is 153 cm³/mol. The van der Waals surface area contributed by atoms with Crippen LogP contribution in [0.25, 0.3) is 12.2 Å². The highest BCUT2D eigenvalue weighted by molar-refractivity contribution is 7.96. The van der Waals surface area contributed by atoms with E-state index in [1.54, 1.807) is 60.7 Å². The van der Waals surface area contributed by atoms with Gasteiger partial charge in [0.1, 0.15) is 0 Å². The van der Waals surface area contributed by atoms with Crippen molar-refractivity contribution in [3.05, 3.63) is 88.7 Å². The summed E-state index contributed by atoms with van der Waals surface area (Å²) in [4.78, 5) is 12.0. The van der Waals surface area contributed by atoms with Crippen molar-refractivity contribution in [2.45, 2.75) is 14.9 Å². The maximum atomic E-state index is 12.0. The molecule has 0 spiro atoms. The van der Waals surface area contributed by atoms with Crippen LogP contribution in [-0.4, -0.2) is 22.9 Å². The molecule has 2 aliphatic rings. The molecule has 196 valence electrons. The van der Waals surface area contributed by atoms with E-state index in [1.807, 2.05) is 6.07 Å². The maximum absolute atomic E-state index is 12.0. The van der Waals surface area contributed by atoms with Crippen LogP contribution in [0.1, 0.15) is 26.0 Å². The zero-order valence-corrected chi connectivity index (χ0v) is 19.7. The highest BCUT2D eigenvalue weighted by Gasteiger charge is 2.19. The van der Waals surface area contributed by atoms with Crippen molar-refractivity contribution in [2.75, 3.05) is 25.8 Å². The van der Waals surface area contributed by atoms with Gasteiger partial charge < -0.3 is 16.4 Å². The van der Waals surface area contributed by atoms with Gasteiger partial charge in [-0.3, -0.25) is 9.44 Å². The average Bonchev–Trinajstić information content (AvgIpc) is 2.80. The number of carbonyl (C=O) groups excluding carboxylic acids is 1. The number of amides is 2. The van der Waals surface area contributed by atoms with E-state index in [4.69, 9.17) is 5.73 Å². The fourth-order valence-electron chi connectivity index (χ4n) is 3.26. The van der Waals surface area contributed by atoms with E-state index in [-0.39, 0.29) is 14.9 Å². The zero-order chi connectivity index (χ0) is 25.1. The third-order valence-electron chi connectivity index (χ3n) is 4.85. The van der Waals surface area contributed by atoms with E-state index < -0.39 is 26.1 Å². The van der Waals surface area contributed by atoms with Gasteiger partial charge in [-0.2, -0.15) is 0 Å². The van der Waals surface area contributed by atoms with E-state index in [2.05, 4.69) is 20.1 Å². The molecule has 3 aromatic rings. The normalized spacial score (nSPS) is 14.8. The molecule has 0 aliphatic carbocycles. The summed E-state index contributed by atoms with van der Waals surface area (Å²) in [6.07, 6.45) is 3.01.